The molecule has 1 fully saturated rings. The normalized spacial score (nSPS) is 19.4. The molecule has 2 heterocycles. The summed E-state index contributed by atoms with van der Waals surface area (Å²) in [6, 6.07) is 18.0. The Morgan fingerprint density at radius 1 is 1.04 bits per heavy atom. The van der Waals surface area contributed by atoms with E-state index in [1.165, 1.54) is 16.0 Å². The molecule has 0 saturated carbocycles. The van der Waals surface area contributed by atoms with E-state index in [-0.39, 0.29) is 11.8 Å². The van der Waals surface area contributed by atoms with E-state index >= 15 is 0 Å². The molecular weight excluding hydrogens is 350 g/mol. The van der Waals surface area contributed by atoms with Crippen molar-refractivity contribution in [3.63, 3.8) is 0 Å². The van der Waals surface area contributed by atoms with Gasteiger partial charge in [0.1, 0.15) is 0 Å². The van der Waals surface area contributed by atoms with Crippen molar-refractivity contribution < 1.29 is 14.5 Å². The summed E-state index contributed by atoms with van der Waals surface area (Å²) in [6.07, 6.45) is 4.78. The Labute approximate surface area is 165 Å². The molecule has 2 amide bonds. The number of benzene rings is 2. The molecule has 4 rings (SSSR count). The molecule has 28 heavy (non-hydrogen) atoms. The third-order valence-electron chi connectivity index (χ3n) is 5.48. The summed E-state index contributed by atoms with van der Waals surface area (Å²) in [7, 11) is 0. The van der Waals surface area contributed by atoms with E-state index in [4.69, 9.17) is 0 Å². The third-order valence-corrected chi connectivity index (χ3v) is 5.48. The van der Waals surface area contributed by atoms with E-state index in [1.54, 1.807) is 4.90 Å². The van der Waals surface area contributed by atoms with Crippen LogP contribution in [0.1, 0.15) is 24.8 Å². The van der Waals surface area contributed by atoms with Crippen molar-refractivity contribution in [2.24, 2.45) is 0 Å². The molecule has 0 aliphatic carbocycles. The Morgan fingerprint density at radius 3 is 2.46 bits per heavy atom. The second kappa shape index (κ2) is 8.40. The molecule has 0 radical (unpaired) electrons. The van der Waals surface area contributed by atoms with Crippen molar-refractivity contribution in [1.82, 2.24) is 0 Å². The molecule has 1 unspecified atom stereocenters. The van der Waals surface area contributed by atoms with Crippen molar-refractivity contribution in [1.29, 1.82) is 0 Å². The first-order valence-electron chi connectivity index (χ1n) is 9.97. The van der Waals surface area contributed by atoms with Crippen LogP contribution in [0, 0.1) is 0 Å². The van der Waals surface area contributed by atoms with E-state index in [0.717, 1.165) is 43.9 Å². The summed E-state index contributed by atoms with van der Waals surface area (Å²) in [5.41, 5.74) is 4.33. The first-order valence-corrected chi connectivity index (χ1v) is 9.97. The smallest absolute Gasteiger partial charge is 0.279 e. The number of anilines is 2. The predicted octanol–water partition coefficient (Wildman–Crippen LogP) is 2.12. The van der Waals surface area contributed by atoms with Gasteiger partial charge in [0.05, 0.1) is 13.1 Å². The molecular formula is C23H26N3O2+. The van der Waals surface area contributed by atoms with E-state index in [0.29, 0.717) is 13.0 Å². The summed E-state index contributed by atoms with van der Waals surface area (Å²) >= 11 is 0. The van der Waals surface area contributed by atoms with E-state index in [2.05, 4.69) is 35.7 Å². The average Bonchev–Trinajstić information content (AvgIpc) is 3.16. The third kappa shape index (κ3) is 4.31. The van der Waals surface area contributed by atoms with Crippen LogP contribution in [-0.4, -0.2) is 38.0 Å². The van der Waals surface area contributed by atoms with Crippen LogP contribution >= 0.6 is 0 Å². The number of nitrogens with one attached hydrogen (secondary N) is 2. The number of hydrogen-bond donors (Lipinski definition) is 2. The van der Waals surface area contributed by atoms with Gasteiger partial charge >= 0.3 is 0 Å². The number of rotatable bonds is 5. The van der Waals surface area contributed by atoms with Crippen LogP contribution in [0.15, 0.2) is 60.7 Å². The van der Waals surface area contributed by atoms with Gasteiger partial charge in [-0.05, 0) is 47.9 Å². The van der Waals surface area contributed by atoms with Gasteiger partial charge in [-0.2, -0.15) is 0 Å². The monoisotopic (exact) mass is 376 g/mol. The zero-order valence-corrected chi connectivity index (χ0v) is 16.0. The number of carbonyl (C=O) groups is 2. The summed E-state index contributed by atoms with van der Waals surface area (Å²) < 4.78 is 0. The first-order chi connectivity index (χ1) is 13.7. The lowest BCUT2D eigenvalue weighted by Crippen LogP contribution is -3.13. The maximum absolute atomic E-state index is 12.4. The van der Waals surface area contributed by atoms with Crippen molar-refractivity contribution in [2.75, 3.05) is 36.4 Å². The number of quaternary nitrogens is 1. The van der Waals surface area contributed by atoms with Gasteiger partial charge in [0.2, 0.25) is 5.91 Å². The summed E-state index contributed by atoms with van der Waals surface area (Å²) in [6.45, 7) is 3.07. The van der Waals surface area contributed by atoms with Crippen LogP contribution in [-0.2, 0) is 9.59 Å². The molecule has 0 bridgehead atoms. The molecule has 5 nitrogen and oxygen atoms in total. The molecule has 2 aromatic carbocycles. The maximum atomic E-state index is 12.4. The Morgan fingerprint density at radius 2 is 1.82 bits per heavy atom. The highest BCUT2D eigenvalue weighted by molar-refractivity contribution is 5.96. The Kier molecular flexibility index (Phi) is 5.53. The molecule has 2 N–H and O–H groups in total. The number of hydrogen-bond acceptors (Lipinski definition) is 2. The highest BCUT2D eigenvalue weighted by Crippen LogP contribution is 2.23. The SMILES string of the molecule is O=C(C[NH+]1CC=C(c2ccccc2)CC1)Nc1ccc(N2CCCC2=O)cc1. The molecule has 1 atom stereocenters. The van der Waals surface area contributed by atoms with Gasteiger partial charge in [0.25, 0.3) is 5.91 Å². The minimum Gasteiger partial charge on any atom is -0.324 e. The van der Waals surface area contributed by atoms with E-state index < -0.39 is 0 Å². The summed E-state index contributed by atoms with van der Waals surface area (Å²) in [4.78, 5) is 27.3. The zero-order valence-electron chi connectivity index (χ0n) is 16.0. The highest BCUT2D eigenvalue weighted by Gasteiger charge is 2.22. The Hall–Kier alpha value is -2.92. The van der Waals surface area contributed by atoms with Crippen LogP contribution in [0.4, 0.5) is 11.4 Å². The molecule has 5 heteroatoms. The number of amides is 2. The van der Waals surface area contributed by atoms with Gasteiger partial charge in [-0.1, -0.05) is 30.3 Å². The summed E-state index contributed by atoms with van der Waals surface area (Å²) in [5, 5.41) is 2.98. The summed E-state index contributed by atoms with van der Waals surface area (Å²) in [5.74, 6) is 0.199. The van der Waals surface area contributed by atoms with Gasteiger partial charge in [0, 0.05) is 30.8 Å². The van der Waals surface area contributed by atoms with Crippen LogP contribution in [0.2, 0.25) is 0 Å². The lowest BCUT2D eigenvalue weighted by molar-refractivity contribution is -0.886. The van der Waals surface area contributed by atoms with Crippen LogP contribution in [0.25, 0.3) is 5.57 Å². The minimum atomic E-state index is 0.0246. The van der Waals surface area contributed by atoms with Gasteiger partial charge < -0.3 is 15.1 Å². The molecule has 2 aromatic rings. The van der Waals surface area contributed by atoms with Crippen molar-refractivity contribution in [2.45, 2.75) is 19.3 Å². The van der Waals surface area contributed by atoms with Crippen molar-refractivity contribution in [3.8, 4) is 0 Å². The minimum absolute atomic E-state index is 0.0246. The fourth-order valence-electron chi connectivity index (χ4n) is 3.94. The second-order valence-electron chi connectivity index (χ2n) is 7.47. The largest absolute Gasteiger partial charge is 0.324 e. The highest BCUT2D eigenvalue weighted by atomic mass is 16.2. The topological polar surface area (TPSA) is 53.9 Å². The Balaban J connectivity index is 1.29. The van der Waals surface area contributed by atoms with E-state index in [1.807, 2.05) is 30.3 Å². The van der Waals surface area contributed by atoms with Crippen LogP contribution in [0.5, 0.6) is 0 Å². The zero-order chi connectivity index (χ0) is 19.3. The molecule has 144 valence electrons. The fraction of sp³-hybridized carbons (Fsp3) is 0.304. The lowest BCUT2D eigenvalue weighted by Gasteiger charge is -2.23. The maximum Gasteiger partial charge on any atom is 0.279 e. The van der Waals surface area contributed by atoms with Crippen molar-refractivity contribution in [3.05, 3.63) is 66.2 Å². The van der Waals surface area contributed by atoms with Crippen molar-refractivity contribution >= 4 is 28.8 Å². The van der Waals surface area contributed by atoms with Gasteiger partial charge in [0.15, 0.2) is 6.54 Å². The molecule has 0 spiro atoms. The predicted molar refractivity (Wildman–Crippen MR) is 111 cm³/mol. The van der Waals surface area contributed by atoms with Crippen LogP contribution < -0.4 is 15.1 Å². The molecule has 0 aromatic heterocycles. The van der Waals surface area contributed by atoms with E-state index in [9.17, 15) is 9.59 Å². The van der Waals surface area contributed by atoms with Gasteiger partial charge in [-0.15, -0.1) is 0 Å². The standard InChI is InChI=1S/C23H25N3O2/c27-22(17-25-15-12-19(13-16-25)18-5-2-1-3-6-18)24-20-8-10-21(11-9-20)26-14-4-7-23(26)28/h1-3,5-6,8-12H,4,7,13-17H2,(H,24,27)/p+1. The Bertz CT molecular complexity index is 874. The lowest BCUT2D eigenvalue weighted by atomic mass is 10.00. The number of nitrogens with zero attached hydrogens (tertiary/aromatic N) is 1. The van der Waals surface area contributed by atoms with Crippen LogP contribution in [0.3, 0.4) is 0 Å². The fourth-order valence-corrected chi connectivity index (χ4v) is 3.94. The average molecular weight is 376 g/mol. The molecule has 2 aliphatic rings. The second-order valence-corrected chi connectivity index (χ2v) is 7.47. The quantitative estimate of drug-likeness (QED) is 0.840. The molecule has 1 saturated heterocycles. The molecule has 2 aliphatic heterocycles. The first kappa shape index (κ1) is 18.4. The number of carbonyl (C=O) groups excluding carboxylic acids is 2. The van der Waals surface area contributed by atoms with Gasteiger partial charge in [-0.25, -0.2) is 0 Å². The van der Waals surface area contributed by atoms with Gasteiger partial charge in [-0.3, -0.25) is 9.59 Å².